The number of anilines is 1. The molecule has 0 aliphatic heterocycles. The maximum absolute atomic E-state index is 11.9. The molecule has 116 valence electrons. The second-order valence-electron chi connectivity index (χ2n) is 5.69. The SMILES string of the molecule is CC(C)(C(=O)O)c1ccc(NC(=O)CCc2ccsc2)cc1. The Bertz CT molecular complexity index is 645. The Morgan fingerprint density at radius 2 is 1.86 bits per heavy atom. The Hall–Kier alpha value is -2.14. The van der Waals surface area contributed by atoms with E-state index in [9.17, 15) is 14.7 Å². The minimum absolute atomic E-state index is 0.0450. The summed E-state index contributed by atoms with van der Waals surface area (Å²) in [5.41, 5.74) is 1.61. The summed E-state index contributed by atoms with van der Waals surface area (Å²) >= 11 is 1.62. The van der Waals surface area contributed by atoms with Crippen LogP contribution in [0.25, 0.3) is 0 Å². The average molecular weight is 317 g/mol. The van der Waals surface area contributed by atoms with E-state index in [1.54, 1.807) is 49.4 Å². The first-order valence-corrected chi connectivity index (χ1v) is 7.99. The highest BCUT2D eigenvalue weighted by molar-refractivity contribution is 7.07. The predicted octanol–water partition coefficient (Wildman–Crippen LogP) is 3.68. The minimum Gasteiger partial charge on any atom is -0.481 e. The van der Waals surface area contributed by atoms with Crippen molar-refractivity contribution in [2.24, 2.45) is 0 Å². The molecule has 0 unspecified atom stereocenters. The summed E-state index contributed by atoms with van der Waals surface area (Å²) in [6.07, 6.45) is 1.15. The molecule has 1 amide bonds. The van der Waals surface area contributed by atoms with Gasteiger partial charge in [-0.3, -0.25) is 9.59 Å². The van der Waals surface area contributed by atoms with Crippen LogP contribution in [0.2, 0.25) is 0 Å². The van der Waals surface area contributed by atoms with E-state index < -0.39 is 11.4 Å². The second kappa shape index (κ2) is 6.75. The second-order valence-corrected chi connectivity index (χ2v) is 6.47. The van der Waals surface area contributed by atoms with Gasteiger partial charge >= 0.3 is 5.97 Å². The standard InChI is InChI=1S/C17H19NO3S/c1-17(2,16(20)21)13-4-6-14(7-5-13)18-15(19)8-3-12-9-10-22-11-12/h4-7,9-11H,3,8H2,1-2H3,(H,18,19)(H,20,21). The van der Waals surface area contributed by atoms with Crippen molar-refractivity contribution in [3.63, 3.8) is 0 Å². The van der Waals surface area contributed by atoms with E-state index in [1.807, 2.05) is 16.8 Å². The molecule has 1 heterocycles. The number of nitrogens with one attached hydrogen (secondary N) is 1. The highest BCUT2D eigenvalue weighted by Crippen LogP contribution is 2.24. The summed E-state index contributed by atoms with van der Waals surface area (Å²) in [6, 6.07) is 8.97. The van der Waals surface area contributed by atoms with Crippen LogP contribution in [-0.2, 0) is 21.4 Å². The third-order valence-corrected chi connectivity index (χ3v) is 4.38. The molecule has 0 bridgehead atoms. The molecule has 1 aromatic carbocycles. The molecule has 22 heavy (non-hydrogen) atoms. The van der Waals surface area contributed by atoms with Gasteiger partial charge in [0.05, 0.1) is 5.41 Å². The fraction of sp³-hybridized carbons (Fsp3) is 0.294. The van der Waals surface area contributed by atoms with Gasteiger partial charge in [-0.2, -0.15) is 11.3 Å². The van der Waals surface area contributed by atoms with Gasteiger partial charge in [0.2, 0.25) is 5.91 Å². The zero-order chi connectivity index (χ0) is 16.2. The van der Waals surface area contributed by atoms with Gasteiger partial charge in [-0.15, -0.1) is 0 Å². The van der Waals surface area contributed by atoms with Gasteiger partial charge in [0, 0.05) is 12.1 Å². The average Bonchev–Trinajstić information content (AvgIpc) is 2.99. The molecular formula is C17H19NO3S. The molecule has 1 aromatic heterocycles. The molecular weight excluding hydrogens is 298 g/mol. The molecule has 5 heteroatoms. The Balaban J connectivity index is 1.93. The van der Waals surface area contributed by atoms with Gasteiger partial charge in [0.15, 0.2) is 0 Å². The van der Waals surface area contributed by atoms with Gasteiger partial charge in [-0.25, -0.2) is 0 Å². The molecule has 2 rings (SSSR count). The van der Waals surface area contributed by atoms with Crippen molar-refractivity contribution in [2.45, 2.75) is 32.1 Å². The first kappa shape index (κ1) is 16.2. The predicted molar refractivity (Wildman–Crippen MR) is 88.4 cm³/mol. The Morgan fingerprint density at radius 3 is 2.41 bits per heavy atom. The van der Waals surface area contributed by atoms with E-state index in [4.69, 9.17) is 0 Å². The van der Waals surface area contributed by atoms with Crippen LogP contribution >= 0.6 is 11.3 Å². The number of hydrogen-bond acceptors (Lipinski definition) is 3. The number of carbonyl (C=O) groups excluding carboxylic acids is 1. The lowest BCUT2D eigenvalue weighted by atomic mass is 9.85. The number of aryl methyl sites for hydroxylation is 1. The van der Waals surface area contributed by atoms with Gasteiger partial charge in [0.1, 0.15) is 0 Å². The highest BCUT2D eigenvalue weighted by atomic mass is 32.1. The fourth-order valence-corrected chi connectivity index (χ4v) is 2.71. The molecule has 0 saturated carbocycles. The summed E-state index contributed by atoms with van der Waals surface area (Å²) in [5, 5.41) is 16.1. The number of carbonyl (C=O) groups is 2. The van der Waals surface area contributed by atoms with Gasteiger partial charge < -0.3 is 10.4 Å². The molecule has 0 spiro atoms. The van der Waals surface area contributed by atoms with Crippen molar-refractivity contribution < 1.29 is 14.7 Å². The lowest BCUT2D eigenvalue weighted by Gasteiger charge is -2.19. The number of thiophene rings is 1. The van der Waals surface area contributed by atoms with Crippen molar-refractivity contribution in [1.82, 2.24) is 0 Å². The number of amides is 1. The Kier molecular flexibility index (Phi) is 4.98. The summed E-state index contributed by atoms with van der Waals surface area (Å²) < 4.78 is 0. The summed E-state index contributed by atoms with van der Waals surface area (Å²) in [5.74, 6) is -0.920. The van der Waals surface area contributed by atoms with Gasteiger partial charge in [-0.05, 0) is 60.4 Å². The van der Waals surface area contributed by atoms with E-state index in [0.29, 0.717) is 17.7 Å². The van der Waals surface area contributed by atoms with Crippen LogP contribution < -0.4 is 5.32 Å². The van der Waals surface area contributed by atoms with E-state index in [2.05, 4.69) is 5.32 Å². The lowest BCUT2D eigenvalue weighted by Crippen LogP contribution is -2.28. The first-order chi connectivity index (χ1) is 10.4. The normalized spacial score (nSPS) is 11.2. The Labute approximate surface area is 133 Å². The van der Waals surface area contributed by atoms with Crippen LogP contribution in [0.3, 0.4) is 0 Å². The number of aliphatic carboxylic acids is 1. The molecule has 0 aliphatic carbocycles. The van der Waals surface area contributed by atoms with Crippen LogP contribution in [0.1, 0.15) is 31.4 Å². The van der Waals surface area contributed by atoms with Gasteiger partial charge in [0.25, 0.3) is 0 Å². The lowest BCUT2D eigenvalue weighted by molar-refractivity contribution is -0.142. The van der Waals surface area contributed by atoms with E-state index in [-0.39, 0.29) is 5.91 Å². The molecule has 2 N–H and O–H groups in total. The highest BCUT2D eigenvalue weighted by Gasteiger charge is 2.29. The largest absolute Gasteiger partial charge is 0.481 e. The zero-order valence-corrected chi connectivity index (χ0v) is 13.4. The van der Waals surface area contributed by atoms with Crippen LogP contribution in [0, 0.1) is 0 Å². The summed E-state index contributed by atoms with van der Waals surface area (Å²) in [6.45, 7) is 3.31. The quantitative estimate of drug-likeness (QED) is 0.854. The maximum atomic E-state index is 11.9. The molecule has 0 atom stereocenters. The van der Waals surface area contributed by atoms with Crippen molar-refractivity contribution in [1.29, 1.82) is 0 Å². The number of benzene rings is 1. The minimum atomic E-state index is -0.943. The van der Waals surface area contributed by atoms with Crippen LogP contribution in [0.4, 0.5) is 5.69 Å². The monoisotopic (exact) mass is 317 g/mol. The zero-order valence-electron chi connectivity index (χ0n) is 12.6. The van der Waals surface area contributed by atoms with Crippen molar-refractivity contribution in [3.05, 3.63) is 52.2 Å². The molecule has 0 radical (unpaired) electrons. The van der Waals surface area contributed by atoms with E-state index >= 15 is 0 Å². The number of carboxylic acid groups (broad SMARTS) is 1. The maximum Gasteiger partial charge on any atom is 0.313 e. The molecule has 2 aromatic rings. The van der Waals surface area contributed by atoms with Crippen molar-refractivity contribution >= 4 is 28.9 Å². The van der Waals surface area contributed by atoms with Crippen LogP contribution in [0.15, 0.2) is 41.1 Å². The number of rotatable bonds is 6. The summed E-state index contributed by atoms with van der Waals surface area (Å²) in [7, 11) is 0. The van der Waals surface area contributed by atoms with Crippen LogP contribution in [0.5, 0.6) is 0 Å². The third-order valence-electron chi connectivity index (χ3n) is 3.65. The molecule has 0 aliphatic rings. The molecule has 4 nitrogen and oxygen atoms in total. The third kappa shape index (κ3) is 3.95. The summed E-state index contributed by atoms with van der Waals surface area (Å²) in [4.78, 5) is 23.1. The molecule has 0 fully saturated rings. The Morgan fingerprint density at radius 1 is 1.18 bits per heavy atom. The number of carboxylic acids is 1. The van der Waals surface area contributed by atoms with E-state index in [0.717, 1.165) is 6.42 Å². The fourth-order valence-electron chi connectivity index (χ4n) is 2.01. The number of hydrogen-bond donors (Lipinski definition) is 2. The van der Waals surface area contributed by atoms with Gasteiger partial charge in [-0.1, -0.05) is 12.1 Å². The topological polar surface area (TPSA) is 66.4 Å². The first-order valence-electron chi connectivity index (χ1n) is 7.04. The molecule has 0 saturated heterocycles. The van der Waals surface area contributed by atoms with Crippen molar-refractivity contribution in [3.8, 4) is 0 Å². The van der Waals surface area contributed by atoms with E-state index in [1.165, 1.54) is 5.56 Å². The van der Waals surface area contributed by atoms with Crippen LogP contribution in [-0.4, -0.2) is 17.0 Å². The smallest absolute Gasteiger partial charge is 0.313 e. The van der Waals surface area contributed by atoms with Crippen molar-refractivity contribution in [2.75, 3.05) is 5.32 Å².